The number of para-hydroxylation sites is 3. The highest BCUT2D eigenvalue weighted by Crippen LogP contribution is 2.45. The maximum absolute atomic E-state index is 8.38. The minimum atomic E-state index is -2.40. The quantitative estimate of drug-likeness (QED) is 0.208. The van der Waals surface area contributed by atoms with Gasteiger partial charge in [-0.3, -0.25) is 9.55 Å². The molecule has 3 heteroatoms. The summed E-state index contributed by atoms with van der Waals surface area (Å²) < 4.78 is 27.0. The molecule has 0 bridgehead atoms. The van der Waals surface area contributed by atoms with Gasteiger partial charge < -0.3 is 0 Å². The average Bonchev–Trinajstić information content (AvgIpc) is 3.48. The second-order valence-electron chi connectivity index (χ2n) is 10.4. The summed E-state index contributed by atoms with van der Waals surface area (Å²) in [7, 11) is 0. The third-order valence-corrected chi connectivity index (χ3v) is 8.05. The number of pyridine rings is 1. The molecule has 0 aliphatic rings. The van der Waals surface area contributed by atoms with Gasteiger partial charge in [0, 0.05) is 27.6 Å². The van der Waals surface area contributed by atoms with Crippen LogP contribution in [0.3, 0.4) is 0 Å². The Bertz CT molecular complexity index is 2320. The first kappa shape index (κ1) is 21.2. The summed E-state index contributed by atoms with van der Waals surface area (Å²) in [5, 5.41) is 4.42. The van der Waals surface area contributed by atoms with E-state index in [2.05, 4.69) is 94.9 Å². The Balaban J connectivity index is 1.46. The summed E-state index contributed by atoms with van der Waals surface area (Å²) in [5.74, 6) is 0.0496. The van der Waals surface area contributed by atoms with Crippen molar-refractivity contribution in [3.8, 4) is 39.1 Å². The van der Waals surface area contributed by atoms with Crippen LogP contribution < -0.4 is 0 Å². The van der Waals surface area contributed by atoms with Gasteiger partial charge in [0.05, 0.1) is 16.7 Å². The van der Waals surface area contributed by atoms with E-state index in [-0.39, 0.29) is 5.82 Å². The fourth-order valence-electron chi connectivity index (χ4n) is 6.27. The molecule has 6 aromatic carbocycles. The molecule has 8 aromatic rings. The molecular weight excluding hydrogens is 510 g/mol. The maximum Gasteiger partial charge on any atom is 0.111 e. The van der Waals surface area contributed by atoms with Gasteiger partial charge in [-0.05, 0) is 81.0 Å². The SMILES string of the molecule is [2H]C([2H])([2H])c1nc2ccccc2n1-c1ccccc1-c1c2ccccc2c(-c2cccc(-c3cccnc3)c2)c2ccccc12. The standard InChI is InChI=1S/C39H27N3/c1-26-41-35-20-7-9-22-37(35)42(26)36-21-8-6-19-34(36)39-32-17-4-2-15-30(32)38(31-16-3-5-18-33(31)39)28-13-10-12-27(24-28)29-14-11-23-40-25-29/h2-25H,1H3/i1D3. The summed E-state index contributed by atoms with van der Waals surface area (Å²) in [6.07, 6.45) is 3.68. The molecular formula is C39H27N3. The fraction of sp³-hybridized carbons (Fsp3) is 0.0256. The Morgan fingerprint density at radius 3 is 1.95 bits per heavy atom. The van der Waals surface area contributed by atoms with E-state index in [4.69, 9.17) is 4.11 Å². The van der Waals surface area contributed by atoms with Gasteiger partial charge in [0.25, 0.3) is 0 Å². The van der Waals surface area contributed by atoms with Gasteiger partial charge in [-0.2, -0.15) is 0 Å². The van der Waals surface area contributed by atoms with Crippen molar-refractivity contribution in [2.24, 2.45) is 0 Å². The molecule has 0 saturated carbocycles. The van der Waals surface area contributed by atoms with Crippen molar-refractivity contribution < 1.29 is 4.11 Å². The molecule has 198 valence electrons. The Kier molecular flexibility index (Phi) is 4.97. The van der Waals surface area contributed by atoms with Gasteiger partial charge in [0.15, 0.2) is 0 Å². The number of aromatic nitrogens is 3. The Morgan fingerprint density at radius 1 is 0.571 bits per heavy atom. The largest absolute Gasteiger partial charge is 0.296 e. The summed E-state index contributed by atoms with van der Waals surface area (Å²) >= 11 is 0. The van der Waals surface area contributed by atoms with Gasteiger partial charge in [-0.15, -0.1) is 0 Å². The molecule has 2 heterocycles. The zero-order valence-corrected chi connectivity index (χ0v) is 22.7. The lowest BCUT2D eigenvalue weighted by molar-refractivity contribution is 1.00. The second-order valence-corrected chi connectivity index (χ2v) is 10.4. The van der Waals surface area contributed by atoms with E-state index < -0.39 is 6.85 Å². The van der Waals surface area contributed by atoms with Crippen LogP contribution in [0, 0.1) is 6.85 Å². The number of benzene rings is 6. The van der Waals surface area contributed by atoms with Gasteiger partial charge in [-0.25, -0.2) is 4.98 Å². The number of aryl methyl sites for hydroxylation is 1. The molecule has 42 heavy (non-hydrogen) atoms. The third kappa shape index (κ3) is 3.82. The van der Waals surface area contributed by atoms with Crippen LogP contribution in [0.15, 0.2) is 146 Å². The molecule has 0 aliphatic heterocycles. The van der Waals surface area contributed by atoms with Crippen molar-refractivity contribution in [3.63, 3.8) is 0 Å². The maximum atomic E-state index is 8.38. The summed E-state index contributed by atoms with van der Waals surface area (Å²) in [6, 6.07) is 45.3. The van der Waals surface area contributed by atoms with Crippen LogP contribution in [0.25, 0.3) is 71.6 Å². The van der Waals surface area contributed by atoms with Crippen molar-refractivity contribution in [1.82, 2.24) is 14.5 Å². The van der Waals surface area contributed by atoms with Crippen molar-refractivity contribution >= 4 is 32.6 Å². The number of fused-ring (bicyclic) bond motifs is 3. The molecule has 0 unspecified atom stereocenters. The van der Waals surface area contributed by atoms with Crippen LogP contribution in [0.5, 0.6) is 0 Å². The van der Waals surface area contributed by atoms with Crippen LogP contribution in [-0.4, -0.2) is 14.5 Å². The molecule has 0 radical (unpaired) electrons. The third-order valence-electron chi connectivity index (χ3n) is 8.05. The van der Waals surface area contributed by atoms with E-state index in [1.807, 2.05) is 59.3 Å². The zero-order chi connectivity index (χ0) is 30.5. The lowest BCUT2D eigenvalue weighted by Gasteiger charge is -2.20. The van der Waals surface area contributed by atoms with Crippen molar-refractivity contribution in [1.29, 1.82) is 0 Å². The molecule has 0 aliphatic carbocycles. The Morgan fingerprint density at radius 2 is 1.21 bits per heavy atom. The van der Waals surface area contributed by atoms with Gasteiger partial charge in [0.2, 0.25) is 0 Å². The predicted octanol–water partition coefficient (Wildman–Crippen LogP) is 10.0. The highest BCUT2D eigenvalue weighted by molar-refractivity contribution is 6.22. The van der Waals surface area contributed by atoms with Crippen LogP contribution in [0.2, 0.25) is 0 Å². The molecule has 0 N–H and O–H groups in total. The highest BCUT2D eigenvalue weighted by Gasteiger charge is 2.20. The molecule has 8 rings (SSSR count). The molecule has 0 spiro atoms. The predicted molar refractivity (Wildman–Crippen MR) is 175 cm³/mol. The van der Waals surface area contributed by atoms with E-state index in [1.54, 1.807) is 6.20 Å². The number of hydrogen-bond acceptors (Lipinski definition) is 2. The van der Waals surface area contributed by atoms with Gasteiger partial charge in [-0.1, -0.05) is 103 Å². The van der Waals surface area contributed by atoms with Crippen LogP contribution in [0.1, 0.15) is 9.94 Å². The van der Waals surface area contributed by atoms with Crippen molar-refractivity contribution in [2.45, 2.75) is 6.85 Å². The van der Waals surface area contributed by atoms with E-state index in [1.165, 1.54) is 0 Å². The monoisotopic (exact) mass is 540 g/mol. The van der Waals surface area contributed by atoms with E-state index >= 15 is 0 Å². The molecule has 3 nitrogen and oxygen atoms in total. The first-order valence-corrected chi connectivity index (χ1v) is 14.0. The minimum absolute atomic E-state index is 0.0496. The number of imidazole rings is 1. The number of nitrogens with zero attached hydrogens (tertiary/aromatic N) is 3. The lowest BCUT2D eigenvalue weighted by Crippen LogP contribution is -2.00. The highest BCUT2D eigenvalue weighted by atomic mass is 15.1. The van der Waals surface area contributed by atoms with Crippen LogP contribution >= 0.6 is 0 Å². The first-order valence-electron chi connectivity index (χ1n) is 15.5. The van der Waals surface area contributed by atoms with E-state index in [0.29, 0.717) is 5.52 Å². The summed E-state index contributed by atoms with van der Waals surface area (Å²) in [4.78, 5) is 8.94. The molecule has 0 fully saturated rings. The Labute approximate surface area is 248 Å². The van der Waals surface area contributed by atoms with Crippen molar-refractivity contribution in [3.05, 3.63) is 152 Å². The van der Waals surface area contributed by atoms with Crippen LogP contribution in [-0.2, 0) is 0 Å². The number of rotatable bonds is 4. The Hall–Kier alpha value is -5.54. The van der Waals surface area contributed by atoms with Crippen molar-refractivity contribution in [2.75, 3.05) is 0 Å². The molecule has 0 saturated heterocycles. The number of hydrogen-bond donors (Lipinski definition) is 0. The average molecular weight is 541 g/mol. The van der Waals surface area contributed by atoms with E-state index in [9.17, 15) is 0 Å². The normalized spacial score (nSPS) is 12.8. The molecule has 2 aromatic heterocycles. The first-order chi connectivity index (χ1) is 22.0. The van der Waals surface area contributed by atoms with Gasteiger partial charge >= 0.3 is 0 Å². The van der Waals surface area contributed by atoms with Crippen LogP contribution in [0.4, 0.5) is 0 Å². The second kappa shape index (κ2) is 9.83. The summed E-state index contributed by atoms with van der Waals surface area (Å²) in [6.45, 7) is -2.40. The topological polar surface area (TPSA) is 30.7 Å². The van der Waals surface area contributed by atoms with Gasteiger partial charge in [0.1, 0.15) is 5.82 Å². The zero-order valence-electron chi connectivity index (χ0n) is 25.7. The summed E-state index contributed by atoms with van der Waals surface area (Å²) in [5.41, 5.74) is 8.62. The smallest absolute Gasteiger partial charge is 0.111 e. The van der Waals surface area contributed by atoms with E-state index in [0.717, 1.165) is 66.1 Å². The molecule has 0 amide bonds. The lowest BCUT2D eigenvalue weighted by atomic mass is 9.85. The fourth-order valence-corrected chi connectivity index (χ4v) is 6.27. The molecule has 0 atom stereocenters. The minimum Gasteiger partial charge on any atom is -0.296 e.